The lowest BCUT2D eigenvalue weighted by molar-refractivity contribution is 0.0844. The summed E-state index contributed by atoms with van der Waals surface area (Å²) in [6.07, 6.45) is 1.71. The van der Waals surface area contributed by atoms with Crippen LogP contribution in [0.3, 0.4) is 0 Å². The zero-order chi connectivity index (χ0) is 15.5. The van der Waals surface area contributed by atoms with E-state index in [1.807, 2.05) is 38.1 Å². The van der Waals surface area contributed by atoms with Crippen LogP contribution in [0.2, 0.25) is 0 Å². The first kappa shape index (κ1) is 13.5. The molecule has 0 aliphatic heterocycles. The molecule has 1 heterocycles. The maximum absolute atomic E-state index is 12.8. The van der Waals surface area contributed by atoms with E-state index >= 15 is 0 Å². The van der Waals surface area contributed by atoms with E-state index < -0.39 is 5.54 Å². The maximum Gasteiger partial charge on any atom is 0.168 e. The highest BCUT2D eigenvalue weighted by Gasteiger charge is 2.36. The van der Waals surface area contributed by atoms with Crippen molar-refractivity contribution in [3.8, 4) is 0 Å². The Morgan fingerprint density at radius 2 is 1.91 bits per heavy atom. The van der Waals surface area contributed by atoms with E-state index in [0.29, 0.717) is 0 Å². The number of benzene rings is 2. The van der Waals surface area contributed by atoms with Gasteiger partial charge in [-0.1, -0.05) is 18.2 Å². The van der Waals surface area contributed by atoms with Crippen molar-refractivity contribution in [2.75, 3.05) is 0 Å². The molecule has 1 aliphatic carbocycles. The molecule has 0 spiro atoms. The summed E-state index contributed by atoms with van der Waals surface area (Å²) in [4.78, 5) is 12.8. The van der Waals surface area contributed by atoms with Crippen molar-refractivity contribution in [2.24, 2.45) is 11.7 Å². The lowest BCUT2D eigenvalue weighted by Crippen LogP contribution is -2.46. The second-order valence-corrected chi connectivity index (χ2v) is 6.88. The Balaban J connectivity index is 1.93. The monoisotopic (exact) mass is 293 g/mol. The molecule has 1 aliphatic rings. The smallest absolute Gasteiger partial charge is 0.168 e. The van der Waals surface area contributed by atoms with Crippen molar-refractivity contribution in [1.29, 1.82) is 0 Å². The largest absolute Gasteiger partial charge is 0.456 e. The molecular formula is C19H19NO2. The summed E-state index contributed by atoms with van der Waals surface area (Å²) in [5.74, 6) is 0.0259. The maximum atomic E-state index is 12.8. The molecule has 3 aromatic rings. The number of para-hydroxylation sites is 1. The van der Waals surface area contributed by atoms with Crippen LogP contribution in [0.15, 0.2) is 40.8 Å². The van der Waals surface area contributed by atoms with Crippen molar-refractivity contribution in [2.45, 2.75) is 32.2 Å². The third kappa shape index (κ3) is 1.89. The predicted octanol–water partition coefficient (Wildman–Crippen LogP) is 4.07. The number of carbonyl (C=O) groups is 1. The van der Waals surface area contributed by atoms with Gasteiger partial charge in [0.2, 0.25) is 0 Å². The minimum atomic E-state index is -0.488. The fourth-order valence-electron chi connectivity index (χ4n) is 3.58. The molecule has 2 N–H and O–H groups in total. The molecule has 1 unspecified atom stereocenters. The van der Waals surface area contributed by atoms with Gasteiger partial charge >= 0.3 is 0 Å². The number of Topliss-reactive ketones (excluding diaryl/α,β-unsaturated/α-hetero) is 1. The number of furan rings is 1. The number of hydrogen-bond acceptors (Lipinski definition) is 3. The van der Waals surface area contributed by atoms with Crippen LogP contribution in [0, 0.1) is 5.92 Å². The van der Waals surface area contributed by atoms with Gasteiger partial charge in [0.25, 0.3) is 0 Å². The highest BCUT2D eigenvalue weighted by Crippen LogP contribution is 2.36. The van der Waals surface area contributed by atoms with Crippen LogP contribution in [-0.4, -0.2) is 11.3 Å². The minimum absolute atomic E-state index is 0.123. The molecule has 3 heteroatoms. The van der Waals surface area contributed by atoms with Crippen molar-refractivity contribution >= 4 is 27.7 Å². The van der Waals surface area contributed by atoms with E-state index in [1.54, 1.807) is 0 Å². The van der Waals surface area contributed by atoms with Crippen molar-refractivity contribution in [3.05, 3.63) is 47.5 Å². The van der Waals surface area contributed by atoms with Crippen LogP contribution < -0.4 is 5.73 Å². The van der Waals surface area contributed by atoms with Crippen molar-refractivity contribution in [3.63, 3.8) is 0 Å². The van der Waals surface area contributed by atoms with Gasteiger partial charge in [-0.2, -0.15) is 0 Å². The quantitative estimate of drug-likeness (QED) is 0.736. The number of carbonyl (C=O) groups excluding carboxylic acids is 1. The molecule has 0 saturated heterocycles. The molecule has 0 bridgehead atoms. The second-order valence-electron chi connectivity index (χ2n) is 6.88. The van der Waals surface area contributed by atoms with Crippen LogP contribution in [0.25, 0.3) is 21.9 Å². The number of ketones is 1. The van der Waals surface area contributed by atoms with Crippen LogP contribution in [-0.2, 0) is 6.42 Å². The summed E-state index contributed by atoms with van der Waals surface area (Å²) in [7, 11) is 0. The first-order chi connectivity index (χ1) is 10.4. The zero-order valence-electron chi connectivity index (χ0n) is 12.8. The molecule has 0 radical (unpaired) electrons. The molecule has 0 amide bonds. The van der Waals surface area contributed by atoms with E-state index in [9.17, 15) is 4.79 Å². The predicted molar refractivity (Wildman–Crippen MR) is 88.1 cm³/mol. The molecule has 0 saturated carbocycles. The standard InChI is InChI=1S/C19H19NO2/c1-19(2,20)15-8-7-11-9-14-12-5-3-4-6-16(12)22-17(14)10-13(11)18(15)21/h3-6,9-10,15H,7-8,20H2,1-2H3. The first-order valence-electron chi connectivity index (χ1n) is 7.72. The molecule has 22 heavy (non-hydrogen) atoms. The number of rotatable bonds is 1. The molecule has 4 rings (SSSR count). The highest BCUT2D eigenvalue weighted by molar-refractivity contribution is 6.09. The lowest BCUT2D eigenvalue weighted by Gasteiger charge is -2.33. The molecule has 3 nitrogen and oxygen atoms in total. The topological polar surface area (TPSA) is 56.2 Å². The SMILES string of the molecule is CC(C)(N)C1CCc2cc3c(cc2C1=O)oc1ccccc13. The van der Waals surface area contributed by atoms with Crippen molar-refractivity contribution < 1.29 is 9.21 Å². The molecule has 112 valence electrons. The summed E-state index contributed by atoms with van der Waals surface area (Å²) in [5, 5.41) is 2.20. The molecule has 1 aromatic heterocycles. The first-order valence-corrected chi connectivity index (χ1v) is 7.72. The zero-order valence-corrected chi connectivity index (χ0v) is 12.8. The van der Waals surface area contributed by atoms with Gasteiger partial charge in [-0.05, 0) is 50.5 Å². The number of hydrogen-bond donors (Lipinski definition) is 1. The fourth-order valence-corrected chi connectivity index (χ4v) is 3.58. The van der Waals surface area contributed by atoms with E-state index in [2.05, 4.69) is 12.1 Å². The van der Waals surface area contributed by atoms with Crippen LogP contribution in [0.4, 0.5) is 0 Å². The third-order valence-electron chi connectivity index (χ3n) is 4.78. The molecule has 0 fully saturated rings. The van der Waals surface area contributed by atoms with Crippen LogP contribution in [0.5, 0.6) is 0 Å². The average molecular weight is 293 g/mol. The lowest BCUT2D eigenvalue weighted by atomic mass is 9.73. The number of fused-ring (bicyclic) bond motifs is 4. The summed E-state index contributed by atoms with van der Waals surface area (Å²) >= 11 is 0. The normalized spacial score (nSPS) is 18.9. The highest BCUT2D eigenvalue weighted by atomic mass is 16.3. The Bertz CT molecular complexity index is 899. The Hall–Kier alpha value is -2.13. The summed E-state index contributed by atoms with van der Waals surface area (Å²) in [6.45, 7) is 3.86. The van der Waals surface area contributed by atoms with Gasteiger partial charge in [0.05, 0.1) is 0 Å². The summed E-state index contributed by atoms with van der Waals surface area (Å²) in [5.41, 5.74) is 9.24. The van der Waals surface area contributed by atoms with E-state index in [0.717, 1.165) is 45.9 Å². The average Bonchev–Trinajstić information content (AvgIpc) is 2.82. The van der Waals surface area contributed by atoms with Gasteiger partial charge in [-0.3, -0.25) is 4.79 Å². The minimum Gasteiger partial charge on any atom is -0.456 e. The Morgan fingerprint density at radius 1 is 1.14 bits per heavy atom. The van der Waals surface area contributed by atoms with Gasteiger partial charge in [0.15, 0.2) is 5.78 Å². The molecule has 1 atom stereocenters. The third-order valence-corrected chi connectivity index (χ3v) is 4.78. The summed E-state index contributed by atoms with van der Waals surface area (Å²) < 4.78 is 5.90. The van der Waals surface area contributed by atoms with Gasteiger partial charge < -0.3 is 10.2 Å². The van der Waals surface area contributed by atoms with E-state index in [4.69, 9.17) is 10.2 Å². The van der Waals surface area contributed by atoms with Gasteiger partial charge in [0.1, 0.15) is 11.2 Å². The second kappa shape index (κ2) is 4.43. The van der Waals surface area contributed by atoms with Crippen molar-refractivity contribution in [1.82, 2.24) is 0 Å². The Morgan fingerprint density at radius 3 is 2.68 bits per heavy atom. The summed E-state index contributed by atoms with van der Waals surface area (Å²) in [6, 6.07) is 12.0. The van der Waals surface area contributed by atoms with Gasteiger partial charge in [-0.25, -0.2) is 0 Å². The number of aryl methyl sites for hydroxylation is 1. The van der Waals surface area contributed by atoms with Gasteiger partial charge in [-0.15, -0.1) is 0 Å². The van der Waals surface area contributed by atoms with Gasteiger partial charge in [0, 0.05) is 27.8 Å². The Kier molecular flexibility index (Phi) is 2.73. The molecule has 2 aromatic carbocycles. The number of nitrogens with two attached hydrogens (primary N) is 1. The fraction of sp³-hybridized carbons (Fsp3) is 0.316. The van der Waals surface area contributed by atoms with E-state index in [1.165, 1.54) is 0 Å². The van der Waals surface area contributed by atoms with E-state index in [-0.39, 0.29) is 11.7 Å². The van der Waals surface area contributed by atoms with Crippen LogP contribution in [0.1, 0.15) is 36.2 Å². The molecular weight excluding hydrogens is 274 g/mol. The Labute approximate surface area is 129 Å². The van der Waals surface area contributed by atoms with Crippen LogP contribution >= 0.6 is 0 Å².